The Morgan fingerprint density at radius 1 is 1.26 bits per heavy atom. The quantitative estimate of drug-likeness (QED) is 0.493. The maximum Gasteiger partial charge on any atom is 0.251 e. The molecular formula is C13H20N2O4. The van der Waals surface area contributed by atoms with E-state index in [0.29, 0.717) is 25.3 Å². The molecule has 0 aliphatic heterocycles. The van der Waals surface area contributed by atoms with Crippen LogP contribution in [0.5, 0.6) is 11.5 Å². The van der Waals surface area contributed by atoms with Crippen molar-refractivity contribution in [2.75, 3.05) is 40.4 Å². The fourth-order valence-electron chi connectivity index (χ4n) is 1.35. The number of nitrogens with one attached hydrogen (secondary N) is 1. The fraction of sp³-hybridized carbons (Fsp3) is 0.462. The minimum atomic E-state index is -0.313. The monoisotopic (exact) mass is 268 g/mol. The number of hydrogen-bond acceptors (Lipinski definition) is 5. The van der Waals surface area contributed by atoms with E-state index in [0.717, 1.165) is 6.54 Å². The highest BCUT2D eigenvalue weighted by molar-refractivity contribution is 5.94. The lowest BCUT2D eigenvalue weighted by atomic mass is 10.2. The number of carbonyl (C=O) groups is 1. The Morgan fingerprint density at radius 3 is 2.63 bits per heavy atom. The molecule has 3 N–H and O–H groups in total. The second-order valence-electron chi connectivity index (χ2n) is 4.38. The zero-order valence-corrected chi connectivity index (χ0v) is 11.2. The van der Waals surface area contributed by atoms with E-state index in [4.69, 9.17) is 9.84 Å². The highest BCUT2D eigenvalue weighted by Gasteiger charge is 2.07. The highest BCUT2D eigenvalue weighted by atomic mass is 16.5. The Morgan fingerprint density at radius 2 is 2.00 bits per heavy atom. The molecule has 0 saturated heterocycles. The van der Waals surface area contributed by atoms with Gasteiger partial charge in [-0.3, -0.25) is 4.79 Å². The molecule has 1 aromatic rings. The van der Waals surface area contributed by atoms with Gasteiger partial charge in [-0.2, -0.15) is 0 Å². The molecule has 0 heterocycles. The van der Waals surface area contributed by atoms with E-state index in [2.05, 4.69) is 5.32 Å². The van der Waals surface area contributed by atoms with Crippen molar-refractivity contribution in [3.8, 4) is 11.5 Å². The Labute approximate surface area is 112 Å². The molecule has 0 aliphatic carbocycles. The van der Waals surface area contributed by atoms with Crippen LogP contribution in [0.4, 0.5) is 0 Å². The standard InChI is InChI=1S/C13H20N2O4/c1-15(2)6-8-19-7-5-14-13(18)10-3-4-11(16)12(17)9-10/h3-4,9,16-17H,5-8H2,1-2H3,(H,14,18). The first kappa shape index (κ1) is 15.3. The van der Waals surface area contributed by atoms with Crippen molar-refractivity contribution in [1.82, 2.24) is 10.2 Å². The molecule has 106 valence electrons. The van der Waals surface area contributed by atoms with E-state index >= 15 is 0 Å². The van der Waals surface area contributed by atoms with Gasteiger partial charge in [-0.25, -0.2) is 0 Å². The average molecular weight is 268 g/mol. The minimum Gasteiger partial charge on any atom is -0.504 e. The van der Waals surface area contributed by atoms with Crippen LogP contribution in [0, 0.1) is 0 Å². The summed E-state index contributed by atoms with van der Waals surface area (Å²) in [5.41, 5.74) is 0.295. The van der Waals surface area contributed by atoms with Gasteiger partial charge < -0.3 is 25.2 Å². The number of hydrogen-bond donors (Lipinski definition) is 3. The van der Waals surface area contributed by atoms with Crippen LogP contribution in [0.15, 0.2) is 18.2 Å². The van der Waals surface area contributed by atoms with E-state index < -0.39 is 0 Å². The molecule has 0 spiro atoms. The van der Waals surface area contributed by atoms with Crippen molar-refractivity contribution < 1.29 is 19.7 Å². The first-order valence-corrected chi connectivity index (χ1v) is 6.03. The van der Waals surface area contributed by atoms with E-state index in [1.807, 2.05) is 19.0 Å². The molecular weight excluding hydrogens is 248 g/mol. The number of amides is 1. The second-order valence-corrected chi connectivity index (χ2v) is 4.38. The predicted molar refractivity (Wildman–Crippen MR) is 71.5 cm³/mol. The molecule has 0 saturated carbocycles. The van der Waals surface area contributed by atoms with Crippen molar-refractivity contribution in [3.05, 3.63) is 23.8 Å². The molecule has 19 heavy (non-hydrogen) atoms. The summed E-state index contributed by atoms with van der Waals surface area (Å²) in [6.45, 7) is 2.28. The summed E-state index contributed by atoms with van der Waals surface area (Å²) < 4.78 is 5.33. The lowest BCUT2D eigenvalue weighted by Gasteiger charge is -2.10. The van der Waals surface area contributed by atoms with Crippen molar-refractivity contribution in [2.24, 2.45) is 0 Å². The number of ether oxygens (including phenoxy) is 1. The van der Waals surface area contributed by atoms with E-state index in [9.17, 15) is 9.90 Å². The molecule has 0 aromatic heterocycles. The minimum absolute atomic E-state index is 0.247. The number of phenolic OH excluding ortho intramolecular Hbond substituents is 2. The third-order valence-electron chi connectivity index (χ3n) is 2.45. The molecule has 0 fully saturated rings. The third kappa shape index (κ3) is 5.58. The van der Waals surface area contributed by atoms with E-state index in [1.54, 1.807) is 0 Å². The maximum atomic E-state index is 11.7. The first-order valence-electron chi connectivity index (χ1n) is 6.03. The molecule has 0 bridgehead atoms. The normalized spacial score (nSPS) is 10.7. The molecule has 1 amide bonds. The van der Waals surface area contributed by atoms with Crippen LogP contribution in [-0.4, -0.2) is 61.4 Å². The Bertz CT molecular complexity index is 421. The van der Waals surface area contributed by atoms with Crippen LogP contribution in [0.25, 0.3) is 0 Å². The number of likely N-dealkylation sites (N-methyl/N-ethyl adjacent to an activating group) is 1. The molecule has 6 nitrogen and oxygen atoms in total. The molecule has 6 heteroatoms. The van der Waals surface area contributed by atoms with Gasteiger partial charge in [-0.15, -0.1) is 0 Å². The third-order valence-corrected chi connectivity index (χ3v) is 2.45. The van der Waals surface area contributed by atoms with Crippen molar-refractivity contribution in [1.29, 1.82) is 0 Å². The van der Waals surface area contributed by atoms with Crippen LogP contribution in [0.2, 0.25) is 0 Å². The summed E-state index contributed by atoms with van der Waals surface area (Å²) in [7, 11) is 3.92. The number of nitrogens with zero attached hydrogens (tertiary/aromatic N) is 1. The average Bonchev–Trinajstić information content (AvgIpc) is 2.36. The number of phenols is 2. The molecule has 0 unspecified atom stereocenters. The second kappa shape index (κ2) is 7.60. The van der Waals surface area contributed by atoms with Crippen LogP contribution >= 0.6 is 0 Å². The lowest BCUT2D eigenvalue weighted by Crippen LogP contribution is -2.28. The Hall–Kier alpha value is -1.79. The SMILES string of the molecule is CN(C)CCOCCNC(=O)c1ccc(O)c(O)c1. The van der Waals surface area contributed by atoms with Gasteiger partial charge in [-0.1, -0.05) is 0 Å². The van der Waals surface area contributed by atoms with Crippen LogP contribution in [-0.2, 0) is 4.74 Å². The highest BCUT2D eigenvalue weighted by Crippen LogP contribution is 2.24. The summed E-state index contributed by atoms with van der Waals surface area (Å²) in [5, 5.41) is 21.1. The Balaban J connectivity index is 2.26. The first-order chi connectivity index (χ1) is 9.00. The topological polar surface area (TPSA) is 82.0 Å². The van der Waals surface area contributed by atoms with Gasteiger partial charge in [0, 0.05) is 18.7 Å². The zero-order chi connectivity index (χ0) is 14.3. The summed E-state index contributed by atoms with van der Waals surface area (Å²) in [6, 6.07) is 3.94. The molecule has 1 rings (SSSR count). The molecule has 0 radical (unpaired) electrons. The van der Waals surface area contributed by atoms with E-state index in [-0.39, 0.29) is 17.4 Å². The molecule has 0 atom stereocenters. The number of aromatic hydroxyl groups is 2. The van der Waals surface area contributed by atoms with Gasteiger partial charge in [0.2, 0.25) is 0 Å². The maximum absolute atomic E-state index is 11.7. The van der Waals surface area contributed by atoms with Gasteiger partial charge in [0.15, 0.2) is 11.5 Å². The number of benzene rings is 1. The van der Waals surface area contributed by atoms with Gasteiger partial charge in [0.05, 0.1) is 13.2 Å². The number of rotatable bonds is 7. The largest absolute Gasteiger partial charge is 0.504 e. The summed E-state index contributed by atoms with van der Waals surface area (Å²) >= 11 is 0. The fourth-order valence-corrected chi connectivity index (χ4v) is 1.35. The van der Waals surface area contributed by atoms with E-state index in [1.165, 1.54) is 18.2 Å². The van der Waals surface area contributed by atoms with Crippen LogP contribution in [0.1, 0.15) is 10.4 Å². The lowest BCUT2D eigenvalue weighted by molar-refractivity contribution is 0.0900. The van der Waals surface area contributed by atoms with Gasteiger partial charge >= 0.3 is 0 Å². The summed E-state index contributed by atoms with van der Waals surface area (Å²) in [5.74, 6) is -0.870. The van der Waals surface area contributed by atoms with Crippen molar-refractivity contribution >= 4 is 5.91 Å². The van der Waals surface area contributed by atoms with Crippen LogP contribution in [0.3, 0.4) is 0 Å². The van der Waals surface area contributed by atoms with Crippen LogP contribution < -0.4 is 5.32 Å². The molecule has 1 aromatic carbocycles. The number of carbonyl (C=O) groups excluding carboxylic acids is 1. The molecule has 0 aliphatic rings. The van der Waals surface area contributed by atoms with Crippen molar-refractivity contribution in [2.45, 2.75) is 0 Å². The predicted octanol–water partition coefficient (Wildman–Crippen LogP) is 0.406. The summed E-state index contributed by atoms with van der Waals surface area (Å²) in [6.07, 6.45) is 0. The van der Waals surface area contributed by atoms with Crippen molar-refractivity contribution in [3.63, 3.8) is 0 Å². The van der Waals surface area contributed by atoms with Gasteiger partial charge in [0.25, 0.3) is 5.91 Å². The summed E-state index contributed by atoms with van der Waals surface area (Å²) in [4.78, 5) is 13.7. The Kier molecular flexibility index (Phi) is 6.11. The zero-order valence-electron chi connectivity index (χ0n) is 11.2. The van der Waals surface area contributed by atoms with Gasteiger partial charge in [0.1, 0.15) is 0 Å². The van der Waals surface area contributed by atoms with Gasteiger partial charge in [-0.05, 0) is 32.3 Å². The smallest absolute Gasteiger partial charge is 0.251 e.